The van der Waals surface area contributed by atoms with Gasteiger partial charge in [0.1, 0.15) is 5.75 Å². The van der Waals surface area contributed by atoms with E-state index < -0.39 is 0 Å². The summed E-state index contributed by atoms with van der Waals surface area (Å²) in [5, 5.41) is 4.31. The molecule has 1 aromatic carbocycles. The average molecular weight is 268 g/mol. The third kappa shape index (κ3) is 2.36. The van der Waals surface area contributed by atoms with E-state index in [4.69, 9.17) is 16.3 Å². The Morgan fingerprint density at radius 2 is 1.94 bits per heavy atom. The summed E-state index contributed by atoms with van der Waals surface area (Å²) in [7, 11) is 1.76. The molecule has 0 aliphatic carbocycles. The maximum atomic E-state index is 6.43. The number of hydrogen-bond acceptors (Lipinski definition) is 2. The first-order valence-electron chi connectivity index (χ1n) is 6.59. The molecule has 18 heavy (non-hydrogen) atoms. The van der Waals surface area contributed by atoms with Gasteiger partial charge in [0, 0.05) is 5.02 Å². The number of ether oxygens (including phenoxy) is 1. The minimum absolute atomic E-state index is 0.704. The molecule has 1 aromatic rings. The fraction of sp³-hybridized carbons (Fsp3) is 0.600. The normalized spacial score (nSPS) is 19.3. The molecule has 1 atom stereocenters. The lowest BCUT2D eigenvalue weighted by atomic mass is 9.91. The molecule has 0 saturated carbocycles. The van der Waals surface area contributed by atoms with Crippen LogP contribution in [-0.4, -0.2) is 20.2 Å². The minimum Gasteiger partial charge on any atom is -0.496 e. The molecule has 0 bridgehead atoms. The monoisotopic (exact) mass is 267 g/mol. The van der Waals surface area contributed by atoms with Crippen LogP contribution in [0.15, 0.2) is 0 Å². The Labute approximate surface area is 115 Å². The number of rotatable bonds is 3. The van der Waals surface area contributed by atoms with E-state index in [9.17, 15) is 0 Å². The summed E-state index contributed by atoms with van der Waals surface area (Å²) in [4.78, 5) is 0. The number of benzene rings is 1. The van der Waals surface area contributed by atoms with Crippen LogP contribution in [0.25, 0.3) is 0 Å². The molecule has 1 fully saturated rings. The molecule has 1 aliphatic heterocycles. The highest BCUT2D eigenvalue weighted by Gasteiger charge is 2.22. The Bertz CT molecular complexity index is 451. The van der Waals surface area contributed by atoms with Gasteiger partial charge in [0.15, 0.2) is 0 Å². The van der Waals surface area contributed by atoms with Crippen LogP contribution in [-0.2, 0) is 6.42 Å². The number of hydrogen-bond donors (Lipinski definition) is 1. The van der Waals surface area contributed by atoms with Crippen molar-refractivity contribution in [2.24, 2.45) is 5.92 Å². The summed E-state index contributed by atoms with van der Waals surface area (Å²) in [6.45, 7) is 8.50. The van der Waals surface area contributed by atoms with Crippen molar-refractivity contribution in [2.45, 2.75) is 33.6 Å². The maximum Gasteiger partial charge on any atom is 0.125 e. The molecular formula is C15H22ClNO. The second-order valence-electron chi connectivity index (χ2n) is 5.26. The van der Waals surface area contributed by atoms with E-state index in [-0.39, 0.29) is 0 Å². The van der Waals surface area contributed by atoms with Gasteiger partial charge in [0.2, 0.25) is 0 Å². The summed E-state index contributed by atoms with van der Waals surface area (Å²) in [5.41, 5.74) is 4.79. The summed E-state index contributed by atoms with van der Waals surface area (Å²) < 4.78 is 5.62. The van der Waals surface area contributed by atoms with Crippen LogP contribution in [0.5, 0.6) is 5.75 Å². The molecule has 0 spiro atoms. The van der Waals surface area contributed by atoms with Crippen LogP contribution >= 0.6 is 11.6 Å². The highest BCUT2D eigenvalue weighted by molar-refractivity contribution is 6.32. The topological polar surface area (TPSA) is 21.3 Å². The van der Waals surface area contributed by atoms with E-state index in [1.165, 1.54) is 23.1 Å². The lowest BCUT2D eigenvalue weighted by Gasteiger charge is -2.20. The largest absolute Gasteiger partial charge is 0.496 e. The van der Waals surface area contributed by atoms with Crippen molar-refractivity contribution in [1.82, 2.24) is 5.32 Å². The smallest absolute Gasteiger partial charge is 0.125 e. The SMILES string of the molecule is COc1c(C)c(C)c(Cl)c(C)c1CC1CCNC1. The first-order valence-corrected chi connectivity index (χ1v) is 6.96. The third-order valence-corrected chi connectivity index (χ3v) is 4.71. The van der Waals surface area contributed by atoms with Gasteiger partial charge in [-0.15, -0.1) is 0 Å². The van der Waals surface area contributed by atoms with Crippen molar-refractivity contribution in [1.29, 1.82) is 0 Å². The van der Waals surface area contributed by atoms with Gasteiger partial charge in [-0.2, -0.15) is 0 Å². The Hall–Kier alpha value is -0.730. The minimum atomic E-state index is 0.704. The highest BCUT2D eigenvalue weighted by atomic mass is 35.5. The van der Waals surface area contributed by atoms with Crippen molar-refractivity contribution in [3.05, 3.63) is 27.3 Å². The van der Waals surface area contributed by atoms with Gasteiger partial charge in [-0.3, -0.25) is 0 Å². The van der Waals surface area contributed by atoms with E-state index in [1.54, 1.807) is 7.11 Å². The lowest BCUT2D eigenvalue weighted by Crippen LogP contribution is -2.12. The quantitative estimate of drug-likeness (QED) is 0.906. The summed E-state index contributed by atoms with van der Waals surface area (Å²) in [6, 6.07) is 0. The van der Waals surface area contributed by atoms with Crippen molar-refractivity contribution in [3.8, 4) is 5.75 Å². The zero-order valence-electron chi connectivity index (χ0n) is 11.7. The Balaban J connectivity index is 2.43. The predicted molar refractivity (Wildman–Crippen MR) is 76.9 cm³/mol. The van der Waals surface area contributed by atoms with Gasteiger partial charge < -0.3 is 10.1 Å². The van der Waals surface area contributed by atoms with Gasteiger partial charge in [-0.05, 0) is 74.9 Å². The zero-order valence-corrected chi connectivity index (χ0v) is 12.4. The second kappa shape index (κ2) is 5.50. The van der Waals surface area contributed by atoms with E-state index >= 15 is 0 Å². The maximum absolute atomic E-state index is 6.43. The van der Waals surface area contributed by atoms with Crippen LogP contribution in [0, 0.1) is 26.7 Å². The van der Waals surface area contributed by atoms with E-state index in [2.05, 4.69) is 26.1 Å². The number of halogens is 1. The van der Waals surface area contributed by atoms with Crippen LogP contribution in [0.3, 0.4) is 0 Å². The molecule has 1 heterocycles. The first-order chi connectivity index (χ1) is 8.56. The second-order valence-corrected chi connectivity index (χ2v) is 5.64. The Morgan fingerprint density at radius 1 is 1.22 bits per heavy atom. The molecule has 100 valence electrons. The molecule has 1 saturated heterocycles. The van der Waals surface area contributed by atoms with Crippen molar-refractivity contribution in [3.63, 3.8) is 0 Å². The Kier molecular flexibility index (Phi) is 4.18. The summed E-state index contributed by atoms with van der Waals surface area (Å²) in [5.74, 6) is 1.73. The van der Waals surface area contributed by atoms with Gasteiger partial charge in [-0.25, -0.2) is 0 Å². The summed E-state index contributed by atoms with van der Waals surface area (Å²) in [6.07, 6.45) is 2.30. The molecule has 0 amide bonds. The van der Waals surface area contributed by atoms with Gasteiger partial charge in [0.05, 0.1) is 7.11 Å². The molecule has 1 unspecified atom stereocenters. The van der Waals surface area contributed by atoms with E-state index in [1.807, 2.05) is 0 Å². The third-order valence-electron chi connectivity index (χ3n) is 4.15. The molecule has 0 aromatic heterocycles. The number of nitrogens with one attached hydrogen (secondary N) is 1. The van der Waals surface area contributed by atoms with Crippen molar-refractivity contribution >= 4 is 11.6 Å². The van der Waals surface area contributed by atoms with Gasteiger partial charge >= 0.3 is 0 Å². The molecule has 1 aliphatic rings. The average Bonchev–Trinajstić information content (AvgIpc) is 2.87. The fourth-order valence-corrected chi connectivity index (χ4v) is 3.10. The molecule has 3 heteroatoms. The first kappa shape index (κ1) is 13.7. The molecule has 1 N–H and O–H groups in total. The molecule has 2 rings (SSSR count). The van der Waals surface area contributed by atoms with Gasteiger partial charge in [-0.1, -0.05) is 11.6 Å². The van der Waals surface area contributed by atoms with E-state index in [0.29, 0.717) is 5.92 Å². The fourth-order valence-electron chi connectivity index (χ4n) is 2.84. The molecule has 0 radical (unpaired) electrons. The van der Waals surface area contributed by atoms with Crippen molar-refractivity contribution in [2.75, 3.05) is 20.2 Å². The van der Waals surface area contributed by atoms with E-state index in [0.717, 1.165) is 35.8 Å². The van der Waals surface area contributed by atoms with Crippen LogP contribution in [0.1, 0.15) is 28.7 Å². The standard InChI is InChI=1S/C15H22ClNO/c1-9-10(2)15(18-4)13(11(3)14(9)16)7-12-5-6-17-8-12/h12,17H,5-8H2,1-4H3. The number of methoxy groups -OCH3 is 1. The Morgan fingerprint density at radius 3 is 2.50 bits per heavy atom. The molecule has 2 nitrogen and oxygen atoms in total. The van der Waals surface area contributed by atoms with Gasteiger partial charge in [0.25, 0.3) is 0 Å². The molecular weight excluding hydrogens is 246 g/mol. The highest BCUT2D eigenvalue weighted by Crippen LogP contribution is 2.37. The predicted octanol–water partition coefficient (Wildman–Crippen LogP) is 3.43. The van der Waals surface area contributed by atoms with Crippen LogP contribution in [0.2, 0.25) is 5.02 Å². The summed E-state index contributed by atoms with van der Waals surface area (Å²) >= 11 is 6.43. The lowest BCUT2D eigenvalue weighted by molar-refractivity contribution is 0.401. The van der Waals surface area contributed by atoms with Crippen molar-refractivity contribution < 1.29 is 4.74 Å². The van der Waals surface area contributed by atoms with Crippen LogP contribution < -0.4 is 10.1 Å². The zero-order chi connectivity index (χ0) is 13.3. The van der Waals surface area contributed by atoms with Crippen LogP contribution in [0.4, 0.5) is 0 Å².